The predicted octanol–water partition coefficient (Wildman–Crippen LogP) is -0.132. The van der Waals surface area contributed by atoms with E-state index in [0.29, 0.717) is 11.5 Å². The van der Waals surface area contributed by atoms with Gasteiger partial charge in [0.25, 0.3) is 0 Å². The molecule has 0 aliphatic carbocycles. The van der Waals surface area contributed by atoms with Gasteiger partial charge in [-0.3, -0.25) is 0 Å². The lowest BCUT2D eigenvalue weighted by Gasteiger charge is -2.09. The van der Waals surface area contributed by atoms with Gasteiger partial charge in [-0.2, -0.15) is 5.43 Å². The minimum atomic E-state index is -4.29. The van der Waals surface area contributed by atoms with Crippen LogP contribution >= 0.6 is 0 Å². The summed E-state index contributed by atoms with van der Waals surface area (Å²) >= 11 is 0. The maximum absolute atomic E-state index is 10.7. The zero-order valence-corrected chi connectivity index (χ0v) is 11.0. The third-order valence-corrected chi connectivity index (χ3v) is 3.15. The van der Waals surface area contributed by atoms with E-state index in [1.54, 1.807) is 43.9 Å². The molecule has 0 saturated heterocycles. The topological polar surface area (TPSA) is 98.0 Å². The van der Waals surface area contributed by atoms with Crippen LogP contribution in [0, 0.1) is 0 Å². The standard InChI is InChI=1S/C11H12N4O3S/c1-9(8-19(16,17)18)15-6-3-10(7-14-15)11-12-4-2-5-13-11/h2-7,14H,8H2,1H3. The van der Waals surface area contributed by atoms with Gasteiger partial charge in [0.15, 0.2) is 11.5 Å². The van der Waals surface area contributed by atoms with Crippen molar-refractivity contribution in [2.24, 2.45) is 0 Å². The predicted molar refractivity (Wildman–Crippen MR) is 67.8 cm³/mol. The first-order chi connectivity index (χ1) is 8.96. The molecule has 2 heterocycles. The Hall–Kier alpha value is -2.06. The van der Waals surface area contributed by atoms with E-state index in [0.717, 1.165) is 5.57 Å². The van der Waals surface area contributed by atoms with E-state index in [2.05, 4.69) is 15.4 Å². The van der Waals surface area contributed by atoms with Crippen molar-refractivity contribution in [1.29, 1.82) is 0 Å². The summed E-state index contributed by atoms with van der Waals surface area (Å²) in [6.07, 6.45) is 8.24. The van der Waals surface area contributed by atoms with Crippen molar-refractivity contribution in [3.63, 3.8) is 0 Å². The van der Waals surface area contributed by atoms with Crippen LogP contribution in [0.25, 0.3) is 5.57 Å². The van der Waals surface area contributed by atoms with Gasteiger partial charge in [0.05, 0.1) is 6.20 Å². The van der Waals surface area contributed by atoms with Crippen LogP contribution in [0.4, 0.5) is 0 Å². The zero-order valence-electron chi connectivity index (χ0n) is 10.1. The van der Waals surface area contributed by atoms with E-state index in [4.69, 9.17) is 0 Å². The molecule has 8 heteroatoms. The summed E-state index contributed by atoms with van der Waals surface area (Å²) in [6.45, 7) is 1.56. The molecular formula is C11H12N4O3S. The molecule has 2 rings (SSSR count). The second-order valence-corrected chi connectivity index (χ2v) is 5.33. The molecule has 1 aliphatic rings. The summed E-state index contributed by atoms with van der Waals surface area (Å²) in [7, 11) is -4.29. The number of hydrogen-bond donors (Lipinski definition) is 1. The fraction of sp³-hybridized carbons (Fsp3) is 0.182. The van der Waals surface area contributed by atoms with Crippen LogP contribution in [0.1, 0.15) is 12.7 Å². The van der Waals surface area contributed by atoms with Gasteiger partial charge in [-0.05, 0) is 6.07 Å². The van der Waals surface area contributed by atoms with Gasteiger partial charge in [0, 0.05) is 31.0 Å². The first kappa shape index (κ1) is 13.4. The van der Waals surface area contributed by atoms with Crippen molar-refractivity contribution < 1.29 is 17.7 Å². The number of hydrogen-bond acceptors (Lipinski definition) is 6. The summed E-state index contributed by atoms with van der Waals surface area (Å²) < 4.78 is 33.5. The Bertz CT molecular complexity index is 662. The minimum Gasteiger partial charge on any atom is -0.748 e. The highest BCUT2D eigenvalue weighted by Crippen LogP contribution is 2.11. The van der Waals surface area contributed by atoms with E-state index in [1.807, 2.05) is 0 Å². The van der Waals surface area contributed by atoms with Gasteiger partial charge in [-0.25, -0.2) is 18.4 Å². The van der Waals surface area contributed by atoms with Gasteiger partial charge < -0.3 is 4.55 Å². The lowest BCUT2D eigenvalue weighted by Crippen LogP contribution is -2.31. The first-order valence-corrected chi connectivity index (χ1v) is 7.00. The quantitative estimate of drug-likeness (QED) is 0.611. The van der Waals surface area contributed by atoms with Crippen molar-refractivity contribution in [3.05, 3.63) is 42.8 Å². The molecule has 0 bridgehead atoms. The Kier molecular flexibility index (Phi) is 3.72. The van der Waals surface area contributed by atoms with Gasteiger partial charge in [0.1, 0.15) is 15.9 Å². The lowest BCUT2D eigenvalue weighted by molar-refractivity contribution is -0.512. The second kappa shape index (κ2) is 5.29. The Balaban J connectivity index is 2.17. The summed E-state index contributed by atoms with van der Waals surface area (Å²) in [5.74, 6) is 0.00928. The monoisotopic (exact) mass is 280 g/mol. The van der Waals surface area contributed by atoms with Crippen molar-refractivity contribution >= 4 is 21.4 Å². The van der Waals surface area contributed by atoms with Crippen LogP contribution < -0.4 is 5.43 Å². The van der Waals surface area contributed by atoms with Gasteiger partial charge in [-0.15, -0.1) is 0 Å². The fourth-order valence-electron chi connectivity index (χ4n) is 1.54. The maximum Gasteiger partial charge on any atom is 0.200 e. The van der Waals surface area contributed by atoms with Gasteiger partial charge in [0.2, 0.25) is 6.20 Å². The van der Waals surface area contributed by atoms with Gasteiger partial charge in [-0.1, -0.05) is 4.68 Å². The largest absolute Gasteiger partial charge is 0.748 e. The average Bonchev–Trinajstić information content (AvgIpc) is 2.38. The number of allylic oxidation sites excluding steroid dienone is 2. The van der Waals surface area contributed by atoms with Crippen molar-refractivity contribution in [1.82, 2.24) is 15.4 Å². The Morgan fingerprint density at radius 2 is 2.11 bits per heavy atom. The number of aromatic nitrogens is 2. The Labute approximate surface area is 110 Å². The molecule has 0 radical (unpaired) electrons. The summed E-state index contributed by atoms with van der Waals surface area (Å²) in [6, 6.07) is 1.72. The molecule has 100 valence electrons. The Morgan fingerprint density at radius 3 is 2.63 bits per heavy atom. The number of nitrogens with zero attached hydrogens (tertiary/aromatic N) is 3. The lowest BCUT2D eigenvalue weighted by atomic mass is 10.2. The molecule has 0 atom stereocenters. The molecule has 0 amide bonds. The normalized spacial score (nSPS) is 17.7. The van der Waals surface area contributed by atoms with Crippen LogP contribution in [0.3, 0.4) is 0 Å². The third kappa shape index (κ3) is 3.70. The van der Waals surface area contributed by atoms with Crippen LogP contribution in [-0.4, -0.2) is 39.1 Å². The number of nitrogens with one attached hydrogen (secondary N) is 1. The van der Waals surface area contributed by atoms with Crippen molar-refractivity contribution in [2.45, 2.75) is 6.92 Å². The van der Waals surface area contributed by atoms with Crippen LogP contribution in [0.2, 0.25) is 0 Å². The zero-order chi connectivity index (χ0) is 13.9. The van der Waals surface area contributed by atoms with Crippen molar-refractivity contribution in [3.8, 4) is 0 Å². The summed E-state index contributed by atoms with van der Waals surface area (Å²) in [5, 5.41) is 0. The molecule has 1 aliphatic heterocycles. The number of hydrazine groups is 1. The molecule has 0 spiro atoms. The maximum atomic E-state index is 10.7. The van der Waals surface area contributed by atoms with Crippen LogP contribution in [0.5, 0.6) is 0 Å². The van der Waals surface area contributed by atoms with E-state index in [-0.39, 0.29) is 0 Å². The van der Waals surface area contributed by atoms with Crippen LogP contribution in [-0.2, 0) is 10.1 Å². The molecule has 1 aromatic rings. The highest BCUT2D eigenvalue weighted by molar-refractivity contribution is 7.86. The summed E-state index contributed by atoms with van der Waals surface area (Å²) in [5.41, 5.74) is 4.00. The number of rotatable bonds is 3. The van der Waals surface area contributed by atoms with E-state index in [1.165, 1.54) is 4.68 Å². The van der Waals surface area contributed by atoms with Gasteiger partial charge >= 0.3 is 0 Å². The average molecular weight is 280 g/mol. The molecule has 0 saturated carbocycles. The summed E-state index contributed by atoms with van der Waals surface area (Å²) in [4.78, 5) is 8.18. The van der Waals surface area contributed by atoms with E-state index >= 15 is 0 Å². The Morgan fingerprint density at radius 1 is 1.42 bits per heavy atom. The second-order valence-electron chi connectivity index (χ2n) is 3.92. The highest BCUT2D eigenvalue weighted by Gasteiger charge is 2.15. The molecule has 0 aromatic carbocycles. The molecule has 0 fully saturated rings. The SMILES string of the molecule is CC(CS(=O)(=O)[O-])=[N+]1C=CC(c2ncccn2)=CN1. The molecule has 7 nitrogen and oxygen atoms in total. The van der Waals surface area contributed by atoms with E-state index in [9.17, 15) is 13.0 Å². The van der Waals surface area contributed by atoms with E-state index < -0.39 is 15.9 Å². The molecule has 19 heavy (non-hydrogen) atoms. The molecular weight excluding hydrogens is 268 g/mol. The fourth-order valence-corrected chi connectivity index (χ4v) is 2.19. The van der Waals surface area contributed by atoms with Crippen molar-refractivity contribution in [2.75, 3.05) is 5.75 Å². The smallest absolute Gasteiger partial charge is 0.200 e. The third-order valence-electron chi connectivity index (χ3n) is 2.38. The molecule has 1 aromatic heterocycles. The molecule has 0 unspecified atom stereocenters. The highest BCUT2D eigenvalue weighted by atomic mass is 32.2. The first-order valence-electron chi connectivity index (χ1n) is 5.43. The minimum absolute atomic E-state index is 0.385. The van der Waals surface area contributed by atoms with Crippen LogP contribution in [0.15, 0.2) is 36.9 Å². The molecule has 1 N–H and O–H groups in total. The number of hydrazone groups is 1.